The molecule has 2 rings (SSSR count). The fourth-order valence-electron chi connectivity index (χ4n) is 2.11. The van der Waals surface area contributed by atoms with Gasteiger partial charge in [0, 0.05) is 10.6 Å². The van der Waals surface area contributed by atoms with Crippen LogP contribution in [0.15, 0.2) is 18.2 Å². The second kappa shape index (κ2) is 4.36. The number of ketones is 1. The summed E-state index contributed by atoms with van der Waals surface area (Å²) in [5.41, 5.74) is -0.924. The van der Waals surface area contributed by atoms with Crippen LogP contribution in [0.2, 0.25) is 10.0 Å². The number of hydrogen-bond donors (Lipinski definition) is 1. The molecular weight excluding hydrogens is 247 g/mol. The van der Waals surface area contributed by atoms with Gasteiger partial charge < -0.3 is 5.11 Å². The first-order chi connectivity index (χ1) is 7.53. The van der Waals surface area contributed by atoms with Gasteiger partial charge in [-0.1, -0.05) is 23.2 Å². The van der Waals surface area contributed by atoms with Crippen LogP contribution in [-0.4, -0.2) is 16.5 Å². The summed E-state index contributed by atoms with van der Waals surface area (Å²) in [6, 6.07) is 4.72. The van der Waals surface area contributed by atoms with Gasteiger partial charge in [-0.2, -0.15) is 0 Å². The maximum absolute atomic E-state index is 12.1. The Balaban J connectivity index is 2.36. The Morgan fingerprint density at radius 2 is 1.88 bits per heavy atom. The van der Waals surface area contributed by atoms with Gasteiger partial charge >= 0.3 is 0 Å². The first-order valence-corrected chi connectivity index (χ1v) is 6.01. The molecule has 16 heavy (non-hydrogen) atoms. The van der Waals surface area contributed by atoms with Gasteiger partial charge in [0.05, 0.1) is 5.02 Å². The van der Waals surface area contributed by atoms with E-state index < -0.39 is 5.60 Å². The lowest BCUT2D eigenvalue weighted by Gasteiger charge is -2.20. The Morgan fingerprint density at radius 1 is 1.25 bits per heavy atom. The molecule has 0 bridgehead atoms. The Bertz CT molecular complexity index is 423. The monoisotopic (exact) mass is 258 g/mol. The number of halogens is 2. The van der Waals surface area contributed by atoms with Gasteiger partial charge in [-0.05, 0) is 43.9 Å². The van der Waals surface area contributed by atoms with Gasteiger partial charge in [0.15, 0.2) is 5.78 Å². The molecule has 1 N–H and O–H groups in total. The van der Waals surface area contributed by atoms with Gasteiger partial charge in [-0.15, -0.1) is 0 Å². The second-order valence-corrected chi connectivity index (χ2v) is 5.04. The summed E-state index contributed by atoms with van der Waals surface area (Å²) in [6.45, 7) is 0. The van der Waals surface area contributed by atoms with E-state index in [9.17, 15) is 9.90 Å². The molecule has 1 aliphatic carbocycles. The minimum atomic E-state index is -1.24. The van der Waals surface area contributed by atoms with Crippen molar-refractivity contribution in [2.75, 3.05) is 0 Å². The number of hydrogen-bond acceptors (Lipinski definition) is 2. The molecule has 0 amide bonds. The van der Waals surface area contributed by atoms with Crippen LogP contribution in [0.25, 0.3) is 0 Å². The maximum atomic E-state index is 12.1. The van der Waals surface area contributed by atoms with Crippen molar-refractivity contribution in [2.45, 2.75) is 31.3 Å². The van der Waals surface area contributed by atoms with Crippen molar-refractivity contribution in [2.24, 2.45) is 0 Å². The first-order valence-electron chi connectivity index (χ1n) is 5.25. The molecule has 86 valence electrons. The van der Waals surface area contributed by atoms with E-state index in [1.807, 2.05) is 0 Å². The summed E-state index contributed by atoms with van der Waals surface area (Å²) in [7, 11) is 0. The van der Waals surface area contributed by atoms with E-state index in [4.69, 9.17) is 23.2 Å². The number of carbonyl (C=O) groups excluding carboxylic acids is 1. The third-order valence-corrected chi connectivity index (χ3v) is 3.59. The fourth-order valence-corrected chi connectivity index (χ4v) is 2.48. The average Bonchev–Trinajstić information content (AvgIpc) is 2.69. The van der Waals surface area contributed by atoms with Crippen molar-refractivity contribution < 1.29 is 9.90 Å². The molecule has 0 aromatic heterocycles. The summed E-state index contributed by atoms with van der Waals surface area (Å²) in [5.74, 6) is -0.308. The average molecular weight is 259 g/mol. The molecule has 1 aromatic carbocycles. The zero-order valence-corrected chi connectivity index (χ0v) is 10.2. The number of carbonyl (C=O) groups is 1. The van der Waals surface area contributed by atoms with Crippen LogP contribution in [0.4, 0.5) is 0 Å². The summed E-state index contributed by atoms with van der Waals surface area (Å²) < 4.78 is 0. The van der Waals surface area contributed by atoms with Gasteiger partial charge in [0.2, 0.25) is 0 Å². The van der Waals surface area contributed by atoms with Crippen LogP contribution in [0.3, 0.4) is 0 Å². The highest BCUT2D eigenvalue weighted by atomic mass is 35.5. The Kier molecular flexibility index (Phi) is 3.24. The highest BCUT2D eigenvalue weighted by molar-refractivity contribution is 6.36. The molecule has 0 spiro atoms. The SMILES string of the molecule is O=C(c1cc(Cl)ccc1Cl)C1(O)CCCC1. The zero-order valence-electron chi connectivity index (χ0n) is 8.67. The number of benzene rings is 1. The van der Waals surface area contributed by atoms with Gasteiger partial charge in [0.25, 0.3) is 0 Å². The Hall–Kier alpha value is -0.570. The summed E-state index contributed by atoms with van der Waals surface area (Å²) >= 11 is 11.8. The van der Waals surface area contributed by atoms with E-state index in [0.29, 0.717) is 28.5 Å². The largest absolute Gasteiger partial charge is 0.382 e. The third-order valence-electron chi connectivity index (χ3n) is 3.03. The standard InChI is InChI=1S/C12H12Cl2O2/c13-8-3-4-10(14)9(7-8)11(15)12(16)5-1-2-6-12/h3-4,7,16H,1-2,5-6H2. The zero-order chi connectivity index (χ0) is 11.8. The lowest BCUT2D eigenvalue weighted by atomic mass is 9.91. The minimum Gasteiger partial charge on any atom is -0.382 e. The molecule has 4 heteroatoms. The fraction of sp³-hybridized carbons (Fsp3) is 0.417. The van der Waals surface area contributed by atoms with Crippen molar-refractivity contribution in [3.63, 3.8) is 0 Å². The molecule has 0 radical (unpaired) electrons. The lowest BCUT2D eigenvalue weighted by molar-refractivity contribution is 0.0353. The van der Waals surface area contributed by atoms with Gasteiger partial charge in [-0.25, -0.2) is 0 Å². The van der Waals surface area contributed by atoms with Crippen molar-refractivity contribution in [3.05, 3.63) is 33.8 Å². The number of aliphatic hydroxyl groups is 1. The maximum Gasteiger partial charge on any atom is 0.195 e. The molecule has 0 heterocycles. The predicted molar refractivity (Wildman–Crippen MR) is 64.2 cm³/mol. The topological polar surface area (TPSA) is 37.3 Å². The normalized spacial score (nSPS) is 18.7. The van der Waals surface area contributed by atoms with Crippen LogP contribution in [-0.2, 0) is 0 Å². The second-order valence-electron chi connectivity index (χ2n) is 4.19. The van der Waals surface area contributed by atoms with Crippen LogP contribution >= 0.6 is 23.2 Å². The van der Waals surface area contributed by atoms with Crippen molar-refractivity contribution in [1.82, 2.24) is 0 Å². The van der Waals surface area contributed by atoms with Gasteiger partial charge in [0.1, 0.15) is 5.60 Å². The molecule has 0 aliphatic heterocycles. The molecule has 0 saturated heterocycles. The van der Waals surface area contributed by atoms with Crippen LogP contribution in [0, 0.1) is 0 Å². The number of Topliss-reactive ketones (excluding diaryl/α,β-unsaturated/α-hetero) is 1. The minimum absolute atomic E-state index is 0.308. The molecule has 1 aliphatic rings. The van der Waals surface area contributed by atoms with Crippen LogP contribution < -0.4 is 0 Å². The van der Waals surface area contributed by atoms with Crippen LogP contribution in [0.1, 0.15) is 36.0 Å². The van der Waals surface area contributed by atoms with E-state index in [1.165, 1.54) is 6.07 Å². The molecular formula is C12H12Cl2O2. The third kappa shape index (κ3) is 2.10. The van der Waals surface area contributed by atoms with Gasteiger partial charge in [-0.3, -0.25) is 4.79 Å². The van der Waals surface area contributed by atoms with Crippen molar-refractivity contribution >= 4 is 29.0 Å². The molecule has 0 atom stereocenters. The molecule has 1 saturated carbocycles. The Morgan fingerprint density at radius 3 is 2.50 bits per heavy atom. The summed E-state index contributed by atoms with van der Waals surface area (Å²) in [4.78, 5) is 12.1. The predicted octanol–water partition coefficient (Wildman–Crippen LogP) is 3.48. The highest BCUT2D eigenvalue weighted by Gasteiger charge is 2.39. The molecule has 2 nitrogen and oxygen atoms in total. The van der Waals surface area contributed by atoms with E-state index >= 15 is 0 Å². The number of rotatable bonds is 2. The van der Waals surface area contributed by atoms with E-state index in [2.05, 4.69) is 0 Å². The quantitative estimate of drug-likeness (QED) is 0.825. The Labute approximate surface area is 104 Å². The molecule has 0 unspecified atom stereocenters. The van der Waals surface area contributed by atoms with Crippen molar-refractivity contribution in [1.29, 1.82) is 0 Å². The molecule has 1 aromatic rings. The van der Waals surface area contributed by atoms with E-state index in [0.717, 1.165) is 12.8 Å². The highest BCUT2D eigenvalue weighted by Crippen LogP contribution is 2.34. The first kappa shape index (κ1) is 11.9. The molecule has 1 fully saturated rings. The van der Waals surface area contributed by atoms with Crippen LogP contribution in [0.5, 0.6) is 0 Å². The lowest BCUT2D eigenvalue weighted by Crippen LogP contribution is -2.35. The summed E-state index contributed by atoms with van der Waals surface area (Å²) in [6.07, 6.45) is 2.77. The van der Waals surface area contributed by atoms with E-state index in [1.54, 1.807) is 12.1 Å². The van der Waals surface area contributed by atoms with E-state index in [-0.39, 0.29) is 5.78 Å². The summed E-state index contributed by atoms with van der Waals surface area (Å²) in [5, 5.41) is 11.0. The smallest absolute Gasteiger partial charge is 0.195 e. The van der Waals surface area contributed by atoms with Crippen molar-refractivity contribution in [3.8, 4) is 0 Å².